The molecule has 0 bridgehead atoms. The highest BCUT2D eigenvalue weighted by Crippen LogP contribution is 2.05. The monoisotopic (exact) mass is 271 g/mol. The predicted octanol–water partition coefficient (Wildman–Crippen LogP) is 2.63. The first-order valence-corrected chi connectivity index (χ1v) is 6.20. The van der Waals surface area contributed by atoms with E-state index in [-0.39, 0.29) is 12.4 Å². The zero-order valence-corrected chi connectivity index (χ0v) is 11.0. The van der Waals surface area contributed by atoms with E-state index in [4.69, 9.17) is 0 Å². The third-order valence-electron chi connectivity index (χ3n) is 2.86. The van der Waals surface area contributed by atoms with E-state index in [9.17, 15) is 14.0 Å². The van der Waals surface area contributed by atoms with Crippen molar-refractivity contribution in [2.75, 3.05) is 0 Å². The molecule has 0 atom stereocenters. The Morgan fingerprint density at radius 1 is 1.10 bits per heavy atom. The molecule has 102 valence electrons. The standard InChI is InChI=1S/C16H14FNO2/c1-11-5-7-13(8-6-11)15(19)16(20)18-10-12-3-2-4-14(17)9-12/h2-9H,10H2,1H3,(H,18,20). The Morgan fingerprint density at radius 2 is 1.80 bits per heavy atom. The first-order valence-electron chi connectivity index (χ1n) is 6.20. The van der Waals surface area contributed by atoms with E-state index in [2.05, 4.69) is 5.32 Å². The summed E-state index contributed by atoms with van der Waals surface area (Å²) < 4.78 is 13.0. The van der Waals surface area contributed by atoms with Gasteiger partial charge in [0.15, 0.2) is 0 Å². The first-order chi connectivity index (χ1) is 9.56. The number of nitrogens with one attached hydrogen (secondary N) is 1. The highest BCUT2D eigenvalue weighted by molar-refractivity contribution is 6.42. The number of halogens is 1. The number of rotatable bonds is 4. The quantitative estimate of drug-likeness (QED) is 0.686. The number of amides is 1. The molecule has 2 rings (SSSR count). The molecule has 0 aromatic heterocycles. The summed E-state index contributed by atoms with van der Waals surface area (Å²) in [5.74, 6) is -1.67. The maximum absolute atomic E-state index is 13.0. The molecule has 4 heteroatoms. The second-order valence-electron chi connectivity index (χ2n) is 4.51. The second-order valence-corrected chi connectivity index (χ2v) is 4.51. The van der Waals surface area contributed by atoms with E-state index >= 15 is 0 Å². The molecule has 0 spiro atoms. The number of ketones is 1. The van der Waals surface area contributed by atoms with Gasteiger partial charge in [-0.3, -0.25) is 9.59 Å². The van der Waals surface area contributed by atoms with E-state index in [1.165, 1.54) is 12.1 Å². The van der Waals surface area contributed by atoms with Gasteiger partial charge in [0.2, 0.25) is 5.78 Å². The minimum Gasteiger partial charge on any atom is -0.345 e. The van der Waals surface area contributed by atoms with Crippen LogP contribution in [0.3, 0.4) is 0 Å². The number of carbonyl (C=O) groups excluding carboxylic acids is 2. The molecule has 1 amide bonds. The van der Waals surface area contributed by atoms with Crippen LogP contribution >= 0.6 is 0 Å². The van der Waals surface area contributed by atoms with Gasteiger partial charge in [0, 0.05) is 12.1 Å². The Hall–Kier alpha value is -2.49. The van der Waals surface area contributed by atoms with Crippen LogP contribution in [0.5, 0.6) is 0 Å². The van der Waals surface area contributed by atoms with Gasteiger partial charge in [-0.15, -0.1) is 0 Å². The maximum Gasteiger partial charge on any atom is 0.292 e. The lowest BCUT2D eigenvalue weighted by atomic mass is 10.1. The van der Waals surface area contributed by atoms with Gasteiger partial charge >= 0.3 is 0 Å². The molecule has 0 fully saturated rings. The third-order valence-corrected chi connectivity index (χ3v) is 2.86. The molecule has 1 N–H and O–H groups in total. The van der Waals surface area contributed by atoms with Crippen molar-refractivity contribution < 1.29 is 14.0 Å². The van der Waals surface area contributed by atoms with Gasteiger partial charge in [0.1, 0.15) is 5.82 Å². The van der Waals surface area contributed by atoms with Gasteiger partial charge in [-0.2, -0.15) is 0 Å². The van der Waals surface area contributed by atoms with E-state index in [0.29, 0.717) is 11.1 Å². The van der Waals surface area contributed by atoms with Crippen LogP contribution in [0.1, 0.15) is 21.5 Å². The number of aryl methyl sites for hydroxylation is 1. The van der Waals surface area contributed by atoms with Crippen molar-refractivity contribution in [1.82, 2.24) is 5.32 Å². The second kappa shape index (κ2) is 6.10. The molecule has 0 saturated carbocycles. The van der Waals surface area contributed by atoms with Crippen LogP contribution in [0.2, 0.25) is 0 Å². The lowest BCUT2D eigenvalue weighted by Crippen LogP contribution is -2.30. The summed E-state index contributed by atoms with van der Waals surface area (Å²) in [5, 5.41) is 2.48. The number of carbonyl (C=O) groups is 2. The van der Waals surface area contributed by atoms with Gasteiger partial charge in [0.25, 0.3) is 5.91 Å². The van der Waals surface area contributed by atoms with E-state index in [1.54, 1.807) is 36.4 Å². The summed E-state index contributed by atoms with van der Waals surface area (Å²) in [6.45, 7) is 2.02. The van der Waals surface area contributed by atoms with Crippen molar-refractivity contribution in [3.63, 3.8) is 0 Å². The average molecular weight is 271 g/mol. The molecule has 20 heavy (non-hydrogen) atoms. The maximum atomic E-state index is 13.0. The number of benzene rings is 2. The van der Waals surface area contributed by atoms with Crippen molar-refractivity contribution in [2.45, 2.75) is 13.5 Å². The smallest absolute Gasteiger partial charge is 0.292 e. The molecule has 0 aliphatic carbocycles. The first kappa shape index (κ1) is 13.9. The summed E-state index contributed by atoms with van der Waals surface area (Å²) in [6, 6.07) is 12.6. The van der Waals surface area contributed by atoms with Crippen molar-refractivity contribution in [3.8, 4) is 0 Å². The van der Waals surface area contributed by atoms with Crippen molar-refractivity contribution >= 4 is 11.7 Å². The van der Waals surface area contributed by atoms with Gasteiger partial charge in [-0.1, -0.05) is 42.0 Å². The van der Waals surface area contributed by atoms with Gasteiger partial charge in [-0.05, 0) is 24.6 Å². The van der Waals surface area contributed by atoms with Crippen LogP contribution in [-0.4, -0.2) is 11.7 Å². The van der Waals surface area contributed by atoms with Gasteiger partial charge in [0.05, 0.1) is 0 Å². The highest BCUT2D eigenvalue weighted by Gasteiger charge is 2.15. The molecule has 2 aromatic carbocycles. The van der Waals surface area contributed by atoms with Crippen molar-refractivity contribution in [3.05, 3.63) is 71.0 Å². The van der Waals surface area contributed by atoms with E-state index in [0.717, 1.165) is 5.56 Å². The molecule has 0 saturated heterocycles. The molecule has 0 heterocycles. The molecule has 2 aromatic rings. The normalized spacial score (nSPS) is 10.1. The van der Waals surface area contributed by atoms with Crippen molar-refractivity contribution in [1.29, 1.82) is 0 Å². The summed E-state index contributed by atoms with van der Waals surface area (Å²) >= 11 is 0. The molecule has 3 nitrogen and oxygen atoms in total. The Balaban J connectivity index is 1.98. The number of Topliss-reactive ketones (excluding diaryl/α,β-unsaturated/α-hetero) is 1. The molecular formula is C16H14FNO2. The third kappa shape index (κ3) is 3.51. The van der Waals surface area contributed by atoms with Crippen LogP contribution in [0.15, 0.2) is 48.5 Å². The Kier molecular flexibility index (Phi) is 4.25. The van der Waals surface area contributed by atoms with Crippen LogP contribution in [-0.2, 0) is 11.3 Å². The lowest BCUT2D eigenvalue weighted by Gasteiger charge is -2.05. The fourth-order valence-corrected chi connectivity index (χ4v) is 1.75. The minimum absolute atomic E-state index is 0.119. The fourth-order valence-electron chi connectivity index (χ4n) is 1.75. The summed E-state index contributed by atoms with van der Waals surface area (Å²) in [5.41, 5.74) is 1.96. The Labute approximate surface area is 116 Å². The van der Waals surface area contributed by atoms with E-state index in [1.807, 2.05) is 6.92 Å². The topological polar surface area (TPSA) is 46.2 Å². The van der Waals surface area contributed by atoms with Crippen LogP contribution in [0, 0.1) is 12.7 Å². The SMILES string of the molecule is Cc1ccc(C(=O)C(=O)NCc2cccc(F)c2)cc1. The minimum atomic E-state index is -0.696. The zero-order valence-electron chi connectivity index (χ0n) is 11.0. The summed E-state index contributed by atoms with van der Waals surface area (Å²) in [7, 11) is 0. The largest absolute Gasteiger partial charge is 0.345 e. The van der Waals surface area contributed by atoms with Crippen LogP contribution in [0.25, 0.3) is 0 Å². The summed E-state index contributed by atoms with van der Waals surface area (Å²) in [6.07, 6.45) is 0. The molecule has 0 aliphatic heterocycles. The molecule has 0 radical (unpaired) electrons. The molecular weight excluding hydrogens is 257 g/mol. The Bertz CT molecular complexity index is 635. The number of hydrogen-bond acceptors (Lipinski definition) is 2. The summed E-state index contributed by atoms with van der Waals surface area (Å²) in [4.78, 5) is 23.6. The van der Waals surface area contributed by atoms with E-state index < -0.39 is 11.7 Å². The Morgan fingerprint density at radius 3 is 2.45 bits per heavy atom. The highest BCUT2D eigenvalue weighted by atomic mass is 19.1. The predicted molar refractivity (Wildman–Crippen MR) is 73.8 cm³/mol. The van der Waals surface area contributed by atoms with Crippen LogP contribution < -0.4 is 5.32 Å². The molecule has 0 unspecified atom stereocenters. The molecule has 0 aliphatic rings. The van der Waals surface area contributed by atoms with Crippen molar-refractivity contribution in [2.24, 2.45) is 0 Å². The van der Waals surface area contributed by atoms with Crippen LogP contribution in [0.4, 0.5) is 4.39 Å². The van der Waals surface area contributed by atoms with Gasteiger partial charge < -0.3 is 5.32 Å². The van der Waals surface area contributed by atoms with Gasteiger partial charge in [-0.25, -0.2) is 4.39 Å². The number of hydrogen-bond donors (Lipinski definition) is 1. The fraction of sp³-hybridized carbons (Fsp3) is 0.125. The average Bonchev–Trinajstić information content (AvgIpc) is 2.45. The lowest BCUT2D eigenvalue weighted by molar-refractivity contribution is -0.117. The zero-order chi connectivity index (χ0) is 14.5.